The van der Waals surface area contributed by atoms with Crippen molar-refractivity contribution in [2.45, 2.75) is 71.9 Å². The molecule has 10 rings (SSSR count). The van der Waals surface area contributed by atoms with Crippen LogP contribution in [0.2, 0.25) is 19.6 Å². The van der Waals surface area contributed by atoms with Crippen molar-refractivity contribution in [3.05, 3.63) is 198 Å². The molecule has 0 aliphatic rings. The summed E-state index contributed by atoms with van der Waals surface area (Å²) in [6.45, 7) is 16.1. The number of hydrogen-bond donors (Lipinski definition) is 0. The maximum absolute atomic E-state index is 7.56. The molecule has 10 aromatic rings. The molecule has 0 saturated heterocycles. The minimum Gasteiger partial charge on any atom is -0.501 e. The van der Waals surface area contributed by atoms with Gasteiger partial charge in [0.15, 0.2) is 5.65 Å². The second kappa shape index (κ2) is 18.0. The molecular formula is C58H54IrN4OSi-2. The minimum absolute atomic E-state index is 0. The van der Waals surface area contributed by atoms with E-state index < -0.39 is 14.9 Å². The van der Waals surface area contributed by atoms with Gasteiger partial charge in [0.05, 0.1) is 25.0 Å². The van der Waals surface area contributed by atoms with Gasteiger partial charge < -0.3 is 14.0 Å². The Bertz CT molecular complexity index is 3370. The molecule has 5 nitrogen and oxygen atoms in total. The van der Waals surface area contributed by atoms with Crippen LogP contribution in [0.25, 0.3) is 72.6 Å². The normalized spacial score (nSPS) is 12.8. The molecule has 0 unspecified atom stereocenters. The fraction of sp³-hybridized carbons (Fsp3) is 0.190. The van der Waals surface area contributed by atoms with E-state index in [9.17, 15) is 0 Å². The molecule has 1 radical (unpaired) electrons. The maximum Gasteiger partial charge on any atom is 0.168 e. The number of rotatable bonds is 7. The Hall–Kier alpha value is -6.24. The molecular weight excluding hydrogens is 989 g/mol. The van der Waals surface area contributed by atoms with Gasteiger partial charge in [0.1, 0.15) is 5.58 Å². The zero-order valence-electron chi connectivity index (χ0n) is 41.1. The summed E-state index contributed by atoms with van der Waals surface area (Å²) in [4.78, 5) is 14.5. The molecule has 65 heavy (non-hydrogen) atoms. The van der Waals surface area contributed by atoms with E-state index in [2.05, 4.69) is 168 Å². The molecule has 0 bridgehead atoms. The Kier molecular flexibility index (Phi) is 11.5. The minimum atomic E-state index is -2.12. The van der Waals surface area contributed by atoms with Crippen LogP contribution in [0.5, 0.6) is 0 Å². The first kappa shape index (κ1) is 41.5. The average Bonchev–Trinajstić information content (AvgIpc) is 3.91. The topological polar surface area (TPSA) is 56.7 Å². The van der Waals surface area contributed by atoms with Crippen LogP contribution >= 0.6 is 0 Å². The Labute approximate surface area is 402 Å². The number of imidazole rings is 1. The van der Waals surface area contributed by atoms with Crippen molar-refractivity contribution >= 4 is 46.4 Å². The van der Waals surface area contributed by atoms with E-state index in [0.29, 0.717) is 11.2 Å². The van der Waals surface area contributed by atoms with E-state index >= 15 is 0 Å². The van der Waals surface area contributed by atoms with Crippen molar-refractivity contribution in [1.82, 2.24) is 19.5 Å². The summed E-state index contributed by atoms with van der Waals surface area (Å²) in [7, 11) is -1.63. The number of benzene rings is 6. The quantitative estimate of drug-likeness (QED) is 0.118. The van der Waals surface area contributed by atoms with Crippen molar-refractivity contribution in [3.8, 4) is 39.5 Å². The smallest absolute Gasteiger partial charge is 0.168 e. The third-order valence-corrected chi connectivity index (χ3v) is 14.1. The summed E-state index contributed by atoms with van der Waals surface area (Å²) >= 11 is 0. The van der Waals surface area contributed by atoms with Gasteiger partial charge >= 0.3 is 0 Å². The predicted octanol–water partition coefficient (Wildman–Crippen LogP) is 14.5. The van der Waals surface area contributed by atoms with Gasteiger partial charge in [0, 0.05) is 53.1 Å². The van der Waals surface area contributed by atoms with Crippen LogP contribution < -0.4 is 5.19 Å². The van der Waals surface area contributed by atoms with E-state index in [4.69, 9.17) is 23.5 Å². The van der Waals surface area contributed by atoms with E-state index in [1.807, 2.05) is 48.8 Å². The number of nitrogens with zero attached hydrogens (tertiary/aromatic N) is 4. The molecule has 7 heteroatoms. The van der Waals surface area contributed by atoms with Crippen LogP contribution in [0.15, 0.2) is 168 Å². The largest absolute Gasteiger partial charge is 0.501 e. The van der Waals surface area contributed by atoms with Crippen LogP contribution in [-0.2, 0) is 30.9 Å². The molecule has 327 valence electrons. The zero-order valence-corrected chi connectivity index (χ0v) is 41.5. The third-order valence-electron chi connectivity index (χ3n) is 12.1. The molecule has 0 fully saturated rings. The molecule has 0 spiro atoms. The number of hydrogen-bond acceptors (Lipinski definition) is 4. The Morgan fingerprint density at radius 3 is 2.06 bits per heavy atom. The average molecular weight is 1050 g/mol. The number of furan rings is 1. The van der Waals surface area contributed by atoms with Crippen molar-refractivity contribution in [2.24, 2.45) is 0 Å². The van der Waals surface area contributed by atoms with Gasteiger partial charge in [0.2, 0.25) is 0 Å². The number of fused-ring (bicyclic) bond motifs is 4. The number of aryl methyl sites for hydroxylation is 1. The van der Waals surface area contributed by atoms with Crippen molar-refractivity contribution in [2.75, 3.05) is 0 Å². The summed E-state index contributed by atoms with van der Waals surface area (Å²) in [5.74, 6) is 0.765. The van der Waals surface area contributed by atoms with Crippen LogP contribution in [0.4, 0.5) is 0 Å². The van der Waals surface area contributed by atoms with Gasteiger partial charge in [-0.25, -0.2) is 4.98 Å². The van der Waals surface area contributed by atoms with Crippen molar-refractivity contribution in [3.63, 3.8) is 0 Å². The maximum atomic E-state index is 7.56. The predicted molar refractivity (Wildman–Crippen MR) is 269 cm³/mol. The summed E-state index contributed by atoms with van der Waals surface area (Å²) < 4.78 is 31.3. The van der Waals surface area contributed by atoms with Gasteiger partial charge in [-0.15, -0.1) is 53.6 Å². The zero-order chi connectivity index (χ0) is 47.3. The summed E-state index contributed by atoms with van der Waals surface area (Å²) in [5, 5.41) is 3.48. The fourth-order valence-corrected chi connectivity index (χ4v) is 10.3. The fourth-order valence-electron chi connectivity index (χ4n) is 8.63. The molecule has 6 aromatic carbocycles. The number of para-hydroxylation sites is 1. The van der Waals surface area contributed by atoms with Crippen LogP contribution in [0, 0.1) is 19.0 Å². The van der Waals surface area contributed by atoms with E-state index in [1.54, 1.807) is 18.2 Å². The molecule has 0 atom stereocenters. The number of pyridine rings is 2. The number of aromatic nitrogens is 4. The first-order valence-corrected chi connectivity index (χ1v) is 25.3. The molecule has 4 heterocycles. The molecule has 0 aliphatic heterocycles. The van der Waals surface area contributed by atoms with Crippen molar-refractivity contribution in [1.29, 1.82) is 0 Å². The SMILES string of the molecule is CC(C)(C)c1ccnc2nc(-c3[c-]ccc4c3oc3ccccc34)n(-c3ccc(-c4ccccc4)cc3)c12.[2H]C([2H])([2H])c1c[c-]c(-c2cc(C(C)(C)c3ccccc3)c([Si](C)(C)C)cn2)cc1.[Ir]. The summed E-state index contributed by atoms with van der Waals surface area (Å²) in [6.07, 6.45) is 3.88. The van der Waals surface area contributed by atoms with Crippen LogP contribution in [0.1, 0.15) is 61.0 Å². The third kappa shape index (κ3) is 8.94. The summed E-state index contributed by atoms with van der Waals surface area (Å²) in [5.41, 5.74) is 12.9. The summed E-state index contributed by atoms with van der Waals surface area (Å²) in [6, 6.07) is 57.6. The van der Waals surface area contributed by atoms with E-state index in [0.717, 1.165) is 55.8 Å². The van der Waals surface area contributed by atoms with Gasteiger partial charge in [0.25, 0.3) is 0 Å². The van der Waals surface area contributed by atoms with Gasteiger partial charge in [-0.3, -0.25) is 4.98 Å². The second-order valence-corrected chi connectivity index (χ2v) is 24.0. The standard InChI is InChI=1S/C34H26N3O.C24H28NSi.Ir/c1-34(2,3)28-20-21-35-32-30(28)37(24-18-16-23(17-19-24)22-10-5-4-6-11-22)33(36-32)27-14-9-13-26-25-12-7-8-15-29(25)38-31(26)27;1-18-12-14-19(15-13-18)22-16-21(23(17-25-22)26(4,5)6)24(2,3)20-10-8-7-9-11-20;/h4-13,15-21H,1-3H3;7-14,16-17H,1-6H3;/q2*-1;/i;1D3;. The van der Waals surface area contributed by atoms with E-state index in [-0.39, 0.29) is 30.9 Å². The first-order valence-electron chi connectivity index (χ1n) is 23.3. The molecule has 0 N–H and O–H groups in total. The molecule has 0 saturated carbocycles. The van der Waals surface area contributed by atoms with E-state index in [1.165, 1.54) is 33.0 Å². The Morgan fingerprint density at radius 2 is 1.38 bits per heavy atom. The van der Waals surface area contributed by atoms with Crippen molar-refractivity contribution < 1.29 is 28.6 Å². The van der Waals surface area contributed by atoms with Gasteiger partial charge in [-0.2, -0.15) is 0 Å². The first-order chi connectivity index (χ1) is 31.9. The second-order valence-electron chi connectivity index (χ2n) is 19.0. The van der Waals surface area contributed by atoms with Crippen LogP contribution in [0.3, 0.4) is 0 Å². The monoisotopic (exact) mass is 1050 g/mol. The Morgan fingerprint density at radius 1 is 0.692 bits per heavy atom. The van der Waals surface area contributed by atoms with Gasteiger partial charge in [-0.1, -0.05) is 169 Å². The molecule has 0 amide bonds. The molecule has 0 aliphatic carbocycles. The molecule has 4 aromatic heterocycles. The van der Waals surface area contributed by atoms with Crippen LogP contribution in [-0.4, -0.2) is 27.6 Å². The van der Waals surface area contributed by atoms with Gasteiger partial charge in [-0.05, 0) is 68.4 Å². The Balaban J connectivity index is 0.000000188.